The van der Waals surface area contributed by atoms with E-state index in [2.05, 4.69) is 6.92 Å². The van der Waals surface area contributed by atoms with E-state index in [1.54, 1.807) is 21.3 Å². The van der Waals surface area contributed by atoms with Gasteiger partial charge in [-0.25, -0.2) is 13.2 Å². The number of hydrogen-bond acceptors (Lipinski definition) is 3. The summed E-state index contributed by atoms with van der Waals surface area (Å²) in [7, 11) is 4.81. The lowest BCUT2D eigenvalue weighted by Crippen LogP contribution is -2.44. The van der Waals surface area contributed by atoms with Crippen LogP contribution >= 0.6 is 0 Å². The first-order valence-corrected chi connectivity index (χ1v) is 11.7. The summed E-state index contributed by atoms with van der Waals surface area (Å²) in [5, 5.41) is 0. The van der Waals surface area contributed by atoms with Gasteiger partial charge < -0.3 is 14.2 Å². The Bertz CT molecular complexity index is 574. The molecule has 0 fully saturated rings. The fourth-order valence-electron chi connectivity index (χ4n) is 4.28. The number of halogens is 3. The zero-order valence-electron chi connectivity index (χ0n) is 19.8. The van der Waals surface area contributed by atoms with Crippen LogP contribution in [0.1, 0.15) is 89.5 Å². The predicted molar refractivity (Wildman–Crippen MR) is 118 cm³/mol. The van der Waals surface area contributed by atoms with Crippen LogP contribution in [-0.2, 0) is 20.6 Å². The van der Waals surface area contributed by atoms with E-state index < -0.39 is 23.4 Å². The van der Waals surface area contributed by atoms with E-state index in [0.717, 1.165) is 50.7 Å². The van der Waals surface area contributed by atoms with E-state index in [1.165, 1.54) is 32.1 Å². The molecule has 1 aromatic carbocycles. The molecule has 0 bridgehead atoms. The highest BCUT2D eigenvalue weighted by Crippen LogP contribution is 2.33. The Morgan fingerprint density at radius 3 is 1.65 bits per heavy atom. The number of methoxy groups -OCH3 is 3. The summed E-state index contributed by atoms with van der Waals surface area (Å²) < 4.78 is 57.3. The molecule has 0 radical (unpaired) electrons. The monoisotopic (exact) mass is 446 g/mol. The average Bonchev–Trinajstić information content (AvgIpc) is 2.75. The number of benzene rings is 1. The highest BCUT2D eigenvalue weighted by Gasteiger charge is 2.39. The molecule has 1 unspecified atom stereocenters. The van der Waals surface area contributed by atoms with Gasteiger partial charge in [-0.3, -0.25) is 0 Å². The van der Waals surface area contributed by atoms with Crippen molar-refractivity contribution in [1.82, 2.24) is 0 Å². The van der Waals surface area contributed by atoms with E-state index >= 15 is 0 Å². The van der Waals surface area contributed by atoms with Gasteiger partial charge in [-0.1, -0.05) is 64.7 Å². The van der Waals surface area contributed by atoms with Crippen LogP contribution in [-0.4, -0.2) is 27.3 Å². The first kappa shape index (κ1) is 27.9. The smallest absolute Gasteiger partial charge is 0.285 e. The lowest BCUT2D eigenvalue weighted by Gasteiger charge is -2.36. The minimum absolute atomic E-state index is 0.0282. The third kappa shape index (κ3) is 9.50. The van der Waals surface area contributed by atoms with E-state index in [9.17, 15) is 13.2 Å². The van der Waals surface area contributed by atoms with E-state index in [1.807, 2.05) is 0 Å². The molecule has 1 aromatic rings. The van der Waals surface area contributed by atoms with Gasteiger partial charge in [0.2, 0.25) is 0 Å². The summed E-state index contributed by atoms with van der Waals surface area (Å²) in [6, 6.07) is 1.48. The van der Waals surface area contributed by atoms with Crippen molar-refractivity contribution in [3.8, 4) is 0 Å². The maximum atomic E-state index is 13.7. The molecule has 1 rings (SSSR count). The van der Waals surface area contributed by atoms with Crippen molar-refractivity contribution in [2.24, 2.45) is 5.92 Å². The van der Waals surface area contributed by atoms with Gasteiger partial charge in [0, 0.05) is 44.9 Å². The number of hydrogen-bond donors (Lipinski definition) is 0. The van der Waals surface area contributed by atoms with Gasteiger partial charge in [0.15, 0.2) is 0 Å². The summed E-state index contributed by atoms with van der Waals surface area (Å²) >= 11 is 0. The summed E-state index contributed by atoms with van der Waals surface area (Å²) in [6.45, 7) is 2.22. The SMILES string of the molecule is CCCCCCCCC(CCCCCCc1c(F)cc(F)cc1F)C(OC)(OC)OC. The Kier molecular flexibility index (Phi) is 14.1. The van der Waals surface area contributed by atoms with Crippen molar-refractivity contribution in [3.05, 3.63) is 35.1 Å². The molecule has 0 spiro atoms. The molecular weight excluding hydrogens is 405 g/mol. The number of ether oxygens (including phenoxy) is 3. The van der Waals surface area contributed by atoms with E-state index in [0.29, 0.717) is 6.42 Å². The summed E-state index contributed by atoms with van der Waals surface area (Å²) in [6.07, 6.45) is 12.9. The number of rotatable bonds is 18. The Hall–Kier alpha value is -1.11. The summed E-state index contributed by atoms with van der Waals surface area (Å²) in [5.74, 6) is -3.41. The van der Waals surface area contributed by atoms with Crippen molar-refractivity contribution >= 4 is 0 Å². The molecule has 6 heteroatoms. The molecule has 0 aliphatic rings. The van der Waals surface area contributed by atoms with Gasteiger partial charge in [-0.2, -0.15) is 0 Å². The minimum Gasteiger partial charge on any atom is -0.331 e. The molecule has 0 aliphatic heterocycles. The maximum Gasteiger partial charge on any atom is 0.285 e. The minimum atomic E-state index is -1.04. The highest BCUT2D eigenvalue weighted by atomic mass is 19.1. The largest absolute Gasteiger partial charge is 0.331 e. The quantitative estimate of drug-likeness (QED) is 0.172. The Balaban J connectivity index is 2.45. The highest BCUT2D eigenvalue weighted by molar-refractivity contribution is 5.20. The molecular formula is C25H41F3O3. The van der Waals surface area contributed by atoms with Crippen LogP contribution in [0.2, 0.25) is 0 Å². The van der Waals surface area contributed by atoms with Crippen LogP contribution in [0, 0.1) is 23.4 Å². The molecule has 0 aromatic heterocycles. The molecule has 1 atom stereocenters. The molecule has 0 N–H and O–H groups in total. The van der Waals surface area contributed by atoms with Crippen molar-refractivity contribution in [2.75, 3.05) is 21.3 Å². The van der Waals surface area contributed by atoms with Crippen molar-refractivity contribution in [3.63, 3.8) is 0 Å². The third-order valence-electron chi connectivity index (χ3n) is 6.09. The van der Waals surface area contributed by atoms with E-state index in [4.69, 9.17) is 14.2 Å². The molecule has 31 heavy (non-hydrogen) atoms. The molecule has 3 nitrogen and oxygen atoms in total. The van der Waals surface area contributed by atoms with Gasteiger partial charge in [0.1, 0.15) is 17.5 Å². The normalized spacial score (nSPS) is 13.0. The zero-order valence-corrected chi connectivity index (χ0v) is 19.8. The van der Waals surface area contributed by atoms with Crippen LogP contribution < -0.4 is 0 Å². The van der Waals surface area contributed by atoms with Gasteiger partial charge in [-0.15, -0.1) is 0 Å². The first-order valence-electron chi connectivity index (χ1n) is 11.7. The molecule has 180 valence electrons. The fraction of sp³-hybridized carbons (Fsp3) is 0.760. The van der Waals surface area contributed by atoms with Crippen LogP contribution in [0.4, 0.5) is 13.2 Å². The van der Waals surface area contributed by atoms with Gasteiger partial charge in [0.05, 0.1) is 0 Å². The van der Waals surface area contributed by atoms with Crippen LogP contribution in [0.15, 0.2) is 12.1 Å². The summed E-state index contributed by atoms with van der Waals surface area (Å²) in [4.78, 5) is 0. The number of unbranched alkanes of at least 4 members (excludes halogenated alkanes) is 8. The lowest BCUT2D eigenvalue weighted by atomic mass is 9.91. The van der Waals surface area contributed by atoms with Gasteiger partial charge >= 0.3 is 0 Å². The Morgan fingerprint density at radius 1 is 0.710 bits per heavy atom. The third-order valence-corrected chi connectivity index (χ3v) is 6.09. The van der Waals surface area contributed by atoms with Crippen LogP contribution in [0.25, 0.3) is 0 Å². The molecule has 0 aliphatic carbocycles. The Labute approximate surface area is 186 Å². The van der Waals surface area contributed by atoms with Crippen LogP contribution in [0.3, 0.4) is 0 Å². The second kappa shape index (κ2) is 15.7. The zero-order chi connectivity index (χ0) is 23.1. The van der Waals surface area contributed by atoms with E-state index in [-0.39, 0.29) is 17.9 Å². The van der Waals surface area contributed by atoms with Crippen molar-refractivity contribution < 1.29 is 27.4 Å². The lowest BCUT2D eigenvalue weighted by molar-refractivity contribution is -0.380. The predicted octanol–water partition coefficient (Wildman–Crippen LogP) is 7.56. The standard InChI is InChI=1S/C25H41F3O3/c1-5-6-7-8-9-12-15-20(25(29-2,30-3)31-4)16-13-10-11-14-17-22-23(27)18-21(26)19-24(22)28/h18-20H,5-17H2,1-4H3. The second-order valence-electron chi connectivity index (χ2n) is 8.27. The maximum absolute atomic E-state index is 13.7. The molecule has 0 saturated heterocycles. The molecule has 0 heterocycles. The Morgan fingerprint density at radius 2 is 1.16 bits per heavy atom. The molecule has 0 amide bonds. The topological polar surface area (TPSA) is 27.7 Å². The average molecular weight is 447 g/mol. The van der Waals surface area contributed by atoms with Gasteiger partial charge in [-0.05, 0) is 25.7 Å². The van der Waals surface area contributed by atoms with Crippen molar-refractivity contribution in [1.29, 1.82) is 0 Å². The van der Waals surface area contributed by atoms with Gasteiger partial charge in [0.25, 0.3) is 5.97 Å². The second-order valence-corrected chi connectivity index (χ2v) is 8.27. The van der Waals surface area contributed by atoms with Crippen LogP contribution in [0.5, 0.6) is 0 Å². The fourth-order valence-corrected chi connectivity index (χ4v) is 4.28. The first-order chi connectivity index (χ1) is 14.9. The summed E-state index contributed by atoms with van der Waals surface area (Å²) in [5.41, 5.74) is -0.0282. The molecule has 0 saturated carbocycles. The van der Waals surface area contributed by atoms with Crippen molar-refractivity contribution in [2.45, 2.75) is 96.4 Å².